The summed E-state index contributed by atoms with van der Waals surface area (Å²) in [4.78, 5) is 22.9. The molecule has 2 amide bonds. The van der Waals surface area contributed by atoms with Crippen molar-refractivity contribution >= 4 is 17.7 Å². The van der Waals surface area contributed by atoms with Crippen LogP contribution >= 0.6 is 0 Å². The molecule has 0 bridgehead atoms. The predicted molar refractivity (Wildman–Crippen MR) is 67.9 cm³/mol. The van der Waals surface area contributed by atoms with Gasteiger partial charge >= 0.3 is 12.0 Å². The van der Waals surface area contributed by atoms with E-state index in [0.717, 1.165) is 18.4 Å². The molecule has 0 unspecified atom stereocenters. The summed E-state index contributed by atoms with van der Waals surface area (Å²) in [5.41, 5.74) is 1.06. The minimum Gasteiger partial charge on any atom is -0.478 e. The van der Waals surface area contributed by atoms with E-state index in [9.17, 15) is 9.59 Å². The van der Waals surface area contributed by atoms with Crippen molar-refractivity contribution in [1.29, 1.82) is 0 Å². The summed E-state index contributed by atoms with van der Waals surface area (Å²) in [6.45, 7) is 3.73. The molecular formula is C13H16N2O3. The molecule has 1 fully saturated rings. The van der Waals surface area contributed by atoms with Crippen molar-refractivity contribution in [3.05, 3.63) is 29.3 Å². The van der Waals surface area contributed by atoms with Crippen LogP contribution in [0.4, 0.5) is 10.5 Å². The summed E-state index contributed by atoms with van der Waals surface area (Å²) in [6, 6.07) is 4.54. The number of benzene rings is 1. The first-order valence-electron chi connectivity index (χ1n) is 5.83. The Morgan fingerprint density at radius 2 is 2.00 bits per heavy atom. The van der Waals surface area contributed by atoms with E-state index in [1.165, 1.54) is 6.07 Å². The lowest BCUT2D eigenvalue weighted by atomic mass is 10.1. The van der Waals surface area contributed by atoms with Gasteiger partial charge in [0.05, 0.1) is 11.3 Å². The molecule has 1 aromatic rings. The first-order chi connectivity index (χ1) is 8.41. The Morgan fingerprint density at radius 3 is 2.56 bits per heavy atom. The fraction of sp³-hybridized carbons (Fsp3) is 0.385. The van der Waals surface area contributed by atoms with Gasteiger partial charge in [0.25, 0.3) is 0 Å². The van der Waals surface area contributed by atoms with E-state index >= 15 is 0 Å². The average Bonchev–Trinajstić information content (AvgIpc) is 2.98. The lowest BCUT2D eigenvalue weighted by Crippen LogP contribution is -2.38. The molecule has 5 heteroatoms. The number of aromatic carboxylic acids is 1. The Labute approximate surface area is 105 Å². The number of carbonyl (C=O) groups is 2. The maximum atomic E-state index is 11.8. The summed E-state index contributed by atoms with van der Waals surface area (Å²) in [5.74, 6) is -1.05. The monoisotopic (exact) mass is 248 g/mol. The van der Waals surface area contributed by atoms with Gasteiger partial charge in [0.2, 0.25) is 0 Å². The van der Waals surface area contributed by atoms with Gasteiger partial charge in [-0.15, -0.1) is 0 Å². The standard InChI is InChI=1S/C13H16N2O3/c1-8-4-3-5-9(11(16)17)10(8)14-12(18)15-13(2)6-7-13/h3-5H,6-7H2,1-2H3,(H,16,17)(H2,14,15,18). The number of carboxylic acids is 1. The van der Waals surface area contributed by atoms with Crippen LogP contribution in [0.5, 0.6) is 0 Å². The highest BCUT2D eigenvalue weighted by molar-refractivity contribution is 6.01. The summed E-state index contributed by atoms with van der Waals surface area (Å²) in [5, 5.41) is 14.5. The fourth-order valence-corrected chi connectivity index (χ4v) is 1.74. The molecule has 0 aromatic heterocycles. The predicted octanol–water partition coefficient (Wildman–Crippen LogP) is 2.37. The lowest BCUT2D eigenvalue weighted by Gasteiger charge is -2.15. The number of rotatable bonds is 3. The highest BCUT2D eigenvalue weighted by Gasteiger charge is 2.38. The van der Waals surface area contributed by atoms with Crippen molar-refractivity contribution in [3.63, 3.8) is 0 Å². The van der Waals surface area contributed by atoms with E-state index in [-0.39, 0.29) is 17.1 Å². The normalized spacial score (nSPS) is 15.9. The van der Waals surface area contributed by atoms with Crippen LogP contribution in [-0.2, 0) is 0 Å². The fourth-order valence-electron chi connectivity index (χ4n) is 1.74. The van der Waals surface area contributed by atoms with Crippen molar-refractivity contribution in [2.75, 3.05) is 5.32 Å². The minimum atomic E-state index is -1.05. The highest BCUT2D eigenvalue weighted by atomic mass is 16.4. The minimum absolute atomic E-state index is 0.103. The SMILES string of the molecule is Cc1cccc(C(=O)O)c1NC(=O)NC1(C)CC1. The molecule has 1 saturated carbocycles. The van der Waals surface area contributed by atoms with Crippen molar-refractivity contribution in [1.82, 2.24) is 5.32 Å². The maximum Gasteiger partial charge on any atom is 0.337 e. The summed E-state index contributed by atoms with van der Waals surface area (Å²) in [7, 11) is 0. The van der Waals surface area contributed by atoms with Crippen LogP contribution in [-0.4, -0.2) is 22.6 Å². The van der Waals surface area contributed by atoms with Gasteiger partial charge in [-0.25, -0.2) is 9.59 Å². The second kappa shape index (κ2) is 4.33. The number of nitrogens with one attached hydrogen (secondary N) is 2. The van der Waals surface area contributed by atoms with Crippen LogP contribution in [0.15, 0.2) is 18.2 Å². The van der Waals surface area contributed by atoms with Crippen LogP contribution in [0, 0.1) is 6.92 Å². The van der Waals surface area contributed by atoms with Gasteiger partial charge in [0.15, 0.2) is 0 Å². The molecule has 5 nitrogen and oxygen atoms in total. The molecule has 3 N–H and O–H groups in total. The first-order valence-corrected chi connectivity index (χ1v) is 5.83. The summed E-state index contributed by atoms with van der Waals surface area (Å²) in [6.07, 6.45) is 1.92. The maximum absolute atomic E-state index is 11.8. The molecule has 0 atom stereocenters. The summed E-state index contributed by atoms with van der Waals surface area (Å²) >= 11 is 0. The number of hydrogen-bond donors (Lipinski definition) is 3. The average molecular weight is 248 g/mol. The van der Waals surface area contributed by atoms with Gasteiger partial charge in [-0.3, -0.25) is 0 Å². The lowest BCUT2D eigenvalue weighted by molar-refractivity contribution is 0.0698. The largest absolute Gasteiger partial charge is 0.478 e. The van der Waals surface area contributed by atoms with Crippen LogP contribution < -0.4 is 10.6 Å². The van der Waals surface area contributed by atoms with Crippen LogP contribution in [0.1, 0.15) is 35.7 Å². The number of carbonyl (C=O) groups excluding carboxylic acids is 1. The third-order valence-corrected chi connectivity index (χ3v) is 3.16. The molecule has 0 heterocycles. The Hall–Kier alpha value is -2.04. The number of amides is 2. The van der Waals surface area contributed by atoms with Crippen LogP contribution in [0.3, 0.4) is 0 Å². The zero-order chi connectivity index (χ0) is 13.3. The summed E-state index contributed by atoms with van der Waals surface area (Å²) < 4.78 is 0. The molecule has 0 spiro atoms. The second-order valence-corrected chi connectivity index (χ2v) is 4.94. The molecule has 0 radical (unpaired) electrons. The Bertz CT molecular complexity index is 507. The number of anilines is 1. The molecule has 2 rings (SSSR count). The van der Waals surface area contributed by atoms with Crippen LogP contribution in [0.2, 0.25) is 0 Å². The van der Waals surface area contributed by atoms with E-state index in [0.29, 0.717) is 5.69 Å². The van der Waals surface area contributed by atoms with Crippen molar-refractivity contribution in [2.24, 2.45) is 0 Å². The Kier molecular flexibility index (Phi) is 2.98. The molecule has 1 aliphatic carbocycles. The quantitative estimate of drug-likeness (QED) is 0.768. The van der Waals surface area contributed by atoms with E-state index in [1.54, 1.807) is 19.1 Å². The van der Waals surface area contributed by atoms with E-state index in [2.05, 4.69) is 10.6 Å². The number of urea groups is 1. The molecule has 18 heavy (non-hydrogen) atoms. The third-order valence-electron chi connectivity index (χ3n) is 3.16. The van der Waals surface area contributed by atoms with Gasteiger partial charge in [0.1, 0.15) is 0 Å². The van der Waals surface area contributed by atoms with E-state index in [1.807, 2.05) is 6.92 Å². The highest BCUT2D eigenvalue weighted by Crippen LogP contribution is 2.34. The van der Waals surface area contributed by atoms with Gasteiger partial charge < -0.3 is 15.7 Å². The molecular weight excluding hydrogens is 232 g/mol. The van der Waals surface area contributed by atoms with Gasteiger partial charge in [-0.05, 0) is 38.3 Å². The van der Waals surface area contributed by atoms with Crippen molar-refractivity contribution in [2.45, 2.75) is 32.2 Å². The van der Waals surface area contributed by atoms with Crippen molar-refractivity contribution < 1.29 is 14.7 Å². The molecule has 96 valence electrons. The Morgan fingerprint density at radius 1 is 1.33 bits per heavy atom. The van der Waals surface area contributed by atoms with Crippen LogP contribution in [0.25, 0.3) is 0 Å². The number of carboxylic acid groups (broad SMARTS) is 1. The number of aryl methyl sites for hydroxylation is 1. The Balaban J connectivity index is 2.17. The third kappa shape index (κ3) is 2.61. The zero-order valence-electron chi connectivity index (χ0n) is 10.4. The van der Waals surface area contributed by atoms with Crippen molar-refractivity contribution in [3.8, 4) is 0 Å². The first kappa shape index (κ1) is 12.4. The molecule has 1 aromatic carbocycles. The topological polar surface area (TPSA) is 78.4 Å². The molecule has 0 saturated heterocycles. The molecule has 0 aliphatic heterocycles. The van der Waals surface area contributed by atoms with Gasteiger partial charge in [0, 0.05) is 5.54 Å². The van der Waals surface area contributed by atoms with Gasteiger partial charge in [-0.1, -0.05) is 12.1 Å². The second-order valence-electron chi connectivity index (χ2n) is 4.94. The number of hydrogen-bond acceptors (Lipinski definition) is 2. The van der Waals surface area contributed by atoms with Gasteiger partial charge in [-0.2, -0.15) is 0 Å². The smallest absolute Gasteiger partial charge is 0.337 e. The van der Waals surface area contributed by atoms with E-state index < -0.39 is 5.97 Å². The van der Waals surface area contributed by atoms with E-state index in [4.69, 9.17) is 5.11 Å². The zero-order valence-corrected chi connectivity index (χ0v) is 10.4. The number of para-hydroxylation sites is 1. The molecule has 1 aliphatic rings.